The highest BCUT2D eigenvalue weighted by Gasteiger charge is 2.30. The van der Waals surface area contributed by atoms with Crippen molar-refractivity contribution in [3.8, 4) is 12.1 Å². The largest absolute Gasteiger partial charge is 0.361 e. The molecule has 7 heteroatoms. The summed E-state index contributed by atoms with van der Waals surface area (Å²) in [5.41, 5.74) is 0.283. The zero-order chi connectivity index (χ0) is 13.9. The molecule has 98 valence electrons. The van der Waals surface area contributed by atoms with E-state index in [4.69, 9.17) is 15.3 Å². The molecule has 0 aliphatic carbocycles. The smallest absolute Gasteiger partial charge is 0.243 e. The zero-order valence-electron chi connectivity index (χ0n) is 9.98. The number of nitriles is 2. The Morgan fingerprint density at radius 1 is 1.37 bits per heavy atom. The second-order valence-electron chi connectivity index (χ2n) is 3.99. The molecule has 0 N–H and O–H groups in total. The molecule has 1 saturated heterocycles. The lowest BCUT2D eigenvalue weighted by atomic mass is 10.2. The quantitative estimate of drug-likeness (QED) is 0.783. The van der Waals surface area contributed by atoms with Crippen LogP contribution in [-0.2, 0) is 14.8 Å². The minimum Gasteiger partial charge on any atom is -0.361 e. The normalized spacial score (nSPS) is 20.4. The Hall–Kier alpha value is -1.93. The van der Waals surface area contributed by atoms with Crippen LogP contribution in [0.5, 0.6) is 0 Å². The summed E-state index contributed by atoms with van der Waals surface area (Å²) in [7, 11) is -3.69. The summed E-state index contributed by atoms with van der Waals surface area (Å²) < 4.78 is 31.1. The highest BCUT2D eigenvalue weighted by Crippen LogP contribution is 2.19. The van der Waals surface area contributed by atoms with Gasteiger partial charge in [0.1, 0.15) is 0 Å². The van der Waals surface area contributed by atoms with E-state index < -0.39 is 16.1 Å². The molecule has 19 heavy (non-hydrogen) atoms. The van der Waals surface area contributed by atoms with E-state index in [1.807, 2.05) is 12.1 Å². The minimum absolute atomic E-state index is 0.00954. The molecule has 6 nitrogen and oxygen atoms in total. The van der Waals surface area contributed by atoms with Crippen LogP contribution in [0.15, 0.2) is 29.2 Å². The van der Waals surface area contributed by atoms with Gasteiger partial charge in [-0.25, -0.2) is 8.42 Å². The third kappa shape index (κ3) is 2.74. The van der Waals surface area contributed by atoms with Crippen molar-refractivity contribution in [2.24, 2.45) is 0 Å². The molecule has 1 heterocycles. The lowest BCUT2D eigenvalue weighted by Crippen LogP contribution is -2.45. The number of rotatable bonds is 2. The van der Waals surface area contributed by atoms with Crippen LogP contribution in [0.4, 0.5) is 0 Å². The van der Waals surface area contributed by atoms with E-state index in [1.54, 1.807) is 0 Å². The molecule has 1 aliphatic rings. The first-order chi connectivity index (χ1) is 9.07. The predicted molar refractivity (Wildman–Crippen MR) is 65.3 cm³/mol. The van der Waals surface area contributed by atoms with Crippen LogP contribution in [0.25, 0.3) is 0 Å². The fourth-order valence-corrected chi connectivity index (χ4v) is 3.27. The molecule has 0 amide bonds. The Kier molecular flexibility index (Phi) is 3.82. The van der Waals surface area contributed by atoms with E-state index in [0.29, 0.717) is 0 Å². The molecule has 1 atom stereocenters. The summed E-state index contributed by atoms with van der Waals surface area (Å²) in [6, 6.07) is 9.62. The van der Waals surface area contributed by atoms with E-state index in [0.717, 1.165) is 0 Å². The number of hydrogen-bond donors (Lipinski definition) is 0. The molecule has 0 radical (unpaired) electrons. The van der Waals surface area contributed by atoms with Crippen molar-refractivity contribution >= 4 is 10.0 Å². The molecular formula is C12H11N3O3S. The van der Waals surface area contributed by atoms with Gasteiger partial charge in [-0.05, 0) is 18.2 Å². The van der Waals surface area contributed by atoms with Gasteiger partial charge in [0.2, 0.25) is 10.0 Å². The first kappa shape index (κ1) is 13.5. The molecule has 0 saturated carbocycles. The van der Waals surface area contributed by atoms with Gasteiger partial charge in [-0.3, -0.25) is 0 Å². The number of morpholine rings is 1. The van der Waals surface area contributed by atoms with Crippen molar-refractivity contribution in [3.63, 3.8) is 0 Å². The lowest BCUT2D eigenvalue weighted by Gasteiger charge is -2.28. The van der Waals surface area contributed by atoms with Crippen LogP contribution >= 0.6 is 0 Å². The van der Waals surface area contributed by atoms with Gasteiger partial charge < -0.3 is 4.74 Å². The standard InChI is InChI=1S/C12H11N3O3S/c13-7-10-2-1-3-12(6-10)19(16,17)15-4-5-18-11(8-14)9-15/h1-3,6,11H,4-5,9H2. The van der Waals surface area contributed by atoms with Gasteiger partial charge in [0.25, 0.3) is 0 Å². The van der Waals surface area contributed by atoms with E-state index in [-0.39, 0.29) is 30.2 Å². The summed E-state index contributed by atoms with van der Waals surface area (Å²) >= 11 is 0. The monoisotopic (exact) mass is 277 g/mol. The highest BCUT2D eigenvalue weighted by atomic mass is 32.2. The van der Waals surface area contributed by atoms with Crippen molar-refractivity contribution in [2.45, 2.75) is 11.0 Å². The number of nitrogens with zero attached hydrogens (tertiary/aromatic N) is 3. The summed E-state index contributed by atoms with van der Waals surface area (Å²) in [6.45, 7) is 0.405. The number of benzene rings is 1. The second-order valence-corrected chi connectivity index (χ2v) is 5.93. The highest BCUT2D eigenvalue weighted by molar-refractivity contribution is 7.89. The molecule has 2 rings (SSSR count). The topological polar surface area (TPSA) is 94.2 Å². The summed E-state index contributed by atoms with van der Waals surface area (Å²) in [5, 5.41) is 17.6. The van der Waals surface area contributed by atoms with E-state index in [1.165, 1.54) is 28.6 Å². The van der Waals surface area contributed by atoms with Crippen molar-refractivity contribution in [2.75, 3.05) is 19.7 Å². The average Bonchev–Trinajstić information content (AvgIpc) is 2.47. The van der Waals surface area contributed by atoms with Crippen molar-refractivity contribution in [3.05, 3.63) is 29.8 Å². The maximum absolute atomic E-state index is 12.4. The number of hydrogen-bond acceptors (Lipinski definition) is 5. The summed E-state index contributed by atoms with van der Waals surface area (Å²) in [6.07, 6.45) is -0.748. The Balaban J connectivity index is 2.32. The van der Waals surface area contributed by atoms with Gasteiger partial charge in [-0.2, -0.15) is 14.8 Å². The van der Waals surface area contributed by atoms with Gasteiger partial charge >= 0.3 is 0 Å². The van der Waals surface area contributed by atoms with E-state index >= 15 is 0 Å². The fraction of sp³-hybridized carbons (Fsp3) is 0.333. The Labute approximate surface area is 111 Å². The Morgan fingerprint density at radius 3 is 2.84 bits per heavy atom. The predicted octanol–water partition coefficient (Wildman–Crippen LogP) is 0.471. The molecule has 0 spiro atoms. The Morgan fingerprint density at radius 2 is 2.16 bits per heavy atom. The summed E-state index contributed by atoms with van der Waals surface area (Å²) in [4.78, 5) is 0.0603. The zero-order valence-corrected chi connectivity index (χ0v) is 10.8. The third-order valence-electron chi connectivity index (χ3n) is 2.77. The lowest BCUT2D eigenvalue weighted by molar-refractivity contribution is 0.0311. The van der Waals surface area contributed by atoms with E-state index in [9.17, 15) is 8.42 Å². The van der Waals surface area contributed by atoms with Crippen molar-refractivity contribution in [1.82, 2.24) is 4.31 Å². The fourth-order valence-electron chi connectivity index (χ4n) is 1.80. The first-order valence-electron chi connectivity index (χ1n) is 5.59. The van der Waals surface area contributed by atoms with E-state index in [2.05, 4.69) is 0 Å². The van der Waals surface area contributed by atoms with Crippen molar-refractivity contribution in [1.29, 1.82) is 10.5 Å². The average molecular weight is 277 g/mol. The Bertz CT molecular complexity index is 658. The van der Waals surface area contributed by atoms with Gasteiger partial charge in [-0.1, -0.05) is 6.07 Å². The minimum atomic E-state index is -3.69. The third-order valence-corrected chi connectivity index (χ3v) is 4.64. The molecule has 1 aromatic rings. The van der Waals surface area contributed by atoms with Crippen LogP contribution in [0.1, 0.15) is 5.56 Å². The molecule has 0 bridgehead atoms. The first-order valence-corrected chi connectivity index (χ1v) is 7.03. The van der Waals surface area contributed by atoms with Crippen LogP contribution in [0.3, 0.4) is 0 Å². The summed E-state index contributed by atoms with van der Waals surface area (Å²) in [5.74, 6) is 0. The molecule has 1 fully saturated rings. The van der Waals surface area contributed by atoms with Crippen LogP contribution in [0, 0.1) is 22.7 Å². The number of ether oxygens (including phenoxy) is 1. The van der Waals surface area contributed by atoms with Crippen LogP contribution in [0.2, 0.25) is 0 Å². The second kappa shape index (κ2) is 5.37. The van der Waals surface area contributed by atoms with Gasteiger partial charge in [0.15, 0.2) is 6.10 Å². The van der Waals surface area contributed by atoms with Gasteiger partial charge in [0, 0.05) is 6.54 Å². The van der Waals surface area contributed by atoms with Crippen LogP contribution < -0.4 is 0 Å². The molecule has 0 aromatic heterocycles. The maximum Gasteiger partial charge on any atom is 0.243 e. The molecule has 1 unspecified atom stereocenters. The van der Waals surface area contributed by atoms with Crippen LogP contribution in [-0.4, -0.2) is 38.5 Å². The SMILES string of the molecule is N#Cc1cccc(S(=O)(=O)N2CCOC(C#N)C2)c1. The molecule has 1 aromatic carbocycles. The van der Waals surface area contributed by atoms with Gasteiger partial charge in [-0.15, -0.1) is 0 Å². The van der Waals surface area contributed by atoms with Gasteiger partial charge in [0.05, 0.1) is 35.7 Å². The molecule has 1 aliphatic heterocycles. The van der Waals surface area contributed by atoms with Crippen molar-refractivity contribution < 1.29 is 13.2 Å². The number of sulfonamides is 1. The maximum atomic E-state index is 12.4. The molecular weight excluding hydrogens is 266 g/mol.